The van der Waals surface area contributed by atoms with Gasteiger partial charge in [0.05, 0.1) is 6.61 Å². The Bertz CT molecular complexity index is 392. The molecule has 0 saturated carbocycles. The van der Waals surface area contributed by atoms with E-state index < -0.39 is 0 Å². The van der Waals surface area contributed by atoms with Crippen molar-refractivity contribution in [2.75, 3.05) is 19.0 Å². The van der Waals surface area contributed by atoms with E-state index in [0.29, 0.717) is 11.8 Å². The van der Waals surface area contributed by atoms with Crippen molar-refractivity contribution in [3.05, 3.63) is 29.8 Å². The van der Waals surface area contributed by atoms with Crippen LogP contribution in [0.15, 0.2) is 24.3 Å². The number of benzene rings is 1. The fraction of sp³-hybridized carbons (Fsp3) is 0.600. The fourth-order valence-electron chi connectivity index (χ4n) is 2.35. The second-order valence-electron chi connectivity index (χ2n) is 5.58. The third-order valence-electron chi connectivity index (χ3n) is 3.63. The molecular weight excluding hydrogens is 246 g/mol. The van der Waals surface area contributed by atoms with Crippen LogP contribution in [0.1, 0.15) is 38.2 Å². The van der Waals surface area contributed by atoms with E-state index in [4.69, 9.17) is 16.3 Å². The molecule has 1 aromatic carbocycles. The molecule has 0 saturated heterocycles. The largest absolute Gasteiger partial charge is 0.493 e. The van der Waals surface area contributed by atoms with E-state index >= 15 is 0 Å². The molecule has 1 aromatic rings. The number of nitrogens with one attached hydrogen (secondary N) is 1. The number of ether oxygens (including phenoxy) is 1. The summed E-state index contributed by atoms with van der Waals surface area (Å²) in [6, 6.07) is 8.36. The number of hydrogen-bond donors (Lipinski definition) is 1. The lowest BCUT2D eigenvalue weighted by Crippen LogP contribution is -2.42. The third-order valence-corrected chi connectivity index (χ3v) is 3.82. The van der Waals surface area contributed by atoms with Crippen molar-refractivity contribution < 1.29 is 4.74 Å². The summed E-state index contributed by atoms with van der Waals surface area (Å²) >= 11 is 5.83. The van der Waals surface area contributed by atoms with Gasteiger partial charge in [-0.1, -0.05) is 18.2 Å². The quantitative estimate of drug-likeness (QED) is 0.824. The van der Waals surface area contributed by atoms with Crippen molar-refractivity contribution in [3.8, 4) is 5.75 Å². The van der Waals surface area contributed by atoms with E-state index in [0.717, 1.165) is 31.7 Å². The highest BCUT2D eigenvalue weighted by atomic mass is 35.5. The molecule has 0 radical (unpaired) electrons. The maximum Gasteiger partial charge on any atom is 0.122 e. The molecule has 1 unspecified atom stereocenters. The monoisotopic (exact) mass is 267 g/mol. The Labute approximate surface area is 115 Å². The molecule has 100 valence electrons. The van der Waals surface area contributed by atoms with Gasteiger partial charge in [-0.15, -0.1) is 11.6 Å². The normalized spacial score (nSPS) is 19.2. The van der Waals surface area contributed by atoms with Crippen LogP contribution in [-0.4, -0.2) is 24.6 Å². The Morgan fingerprint density at radius 2 is 2.17 bits per heavy atom. The first-order valence-electron chi connectivity index (χ1n) is 6.65. The lowest BCUT2D eigenvalue weighted by atomic mass is 9.91. The van der Waals surface area contributed by atoms with Crippen LogP contribution in [0, 0.1) is 0 Å². The van der Waals surface area contributed by atoms with Gasteiger partial charge in [0, 0.05) is 23.9 Å². The van der Waals surface area contributed by atoms with E-state index in [1.807, 2.05) is 6.07 Å². The van der Waals surface area contributed by atoms with Crippen LogP contribution in [-0.2, 0) is 0 Å². The zero-order valence-corrected chi connectivity index (χ0v) is 12.0. The highest BCUT2D eigenvalue weighted by Gasteiger charge is 2.23. The minimum atomic E-state index is 0.106. The first-order valence-corrected chi connectivity index (χ1v) is 7.18. The van der Waals surface area contributed by atoms with Crippen LogP contribution in [0.3, 0.4) is 0 Å². The van der Waals surface area contributed by atoms with Crippen molar-refractivity contribution in [2.24, 2.45) is 0 Å². The molecule has 0 aromatic heterocycles. The van der Waals surface area contributed by atoms with Crippen LogP contribution < -0.4 is 10.1 Å². The van der Waals surface area contributed by atoms with E-state index in [1.165, 1.54) is 5.56 Å². The highest BCUT2D eigenvalue weighted by Crippen LogP contribution is 2.33. The minimum Gasteiger partial charge on any atom is -0.493 e. The van der Waals surface area contributed by atoms with Gasteiger partial charge in [0.2, 0.25) is 0 Å². The van der Waals surface area contributed by atoms with Gasteiger partial charge < -0.3 is 10.1 Å². The molecular formula is C15H22ClNO. The summed E-state index contributed by atoms with van der Waals surface area (Å²) in [6.07, 6.45) is 2.07. The maximum absolute atomic E-state index is 5.83. The Kier molecular flexibility index (Phi) is 4.52. The molecule has 2 nitrogen and oxygen atoms in total. The van der Waals surface area contributed by atoms with Crippen LogP contribution in [0.25, 0.3) is 0 Å². The molecule has 0 fully saturated rings. The van der Waals surface area contributed by atoms with Crippen molar-refractivity contribution in [3.63, 3.8) is 0 Å². The average molecular weight is 268 g/mol. The molecule has 1 atom stereocenters. The van der Waals surface area contributed by atoms with Gasteiger partial charge in [0.25, 0.3) is 0 Å². The highest BCUT2D eigenvalue weighted by molar-refractivity contribution is 6.17. The van der Waals surface area contributed by atoms with Crippen molar-refractivity contribution in [1.82, 2.24) is 5.32 Å². The Hall–Kier alpha value is -0.730. The smallest absolute Gasteiger partial charge is 0.122 e. The second-order valence-corrected chi connectivity index (χ2v) is 5.95. The van der Waals surface area contributed by atoms with Crippen molar-refractivity contribution in [1.29, 1.82) is 0 Å². The van der Waals surface area contributed by atoms with Crippen LogP contribution in [0.2, 0.25) is 0 Å². The van der Waals surface area contributed by atoms with Gasteiger partial charge in [-0.25, -0.2) is 0 Å². The van der Waals surface area contributed by atoms with Crippen LogP contribution in [0.5, 0.6) is 5.75 Å². The first-order chi connectivity index (χ1) is 8.62. The van der Waals surface area contributed by atoms with E-state index in [9.17, 15) is 0 Å². The molecule has 3 heteroatoms. The van der Waals surface area contributed by atoms with Crippen LogP contribution in [0.4, 0.5) is 0 Å². The van der Waals surface area contributed by atoms with E-state index in [-0.39, 0.29) is 5.54 Å². The number of fused-ring (bicyclic) bond motifs is 1. The molecule has 1 heterocycles. The van der Waals surface area contributed by atoms with Gasteiger partial charge in [-0.05, 0) is 38.3 Å². The lowest BCUT2D eigenvalue weighted by molar-refractivity contribution is 0.255. The van der Waals surface area contributed by atoms with Gasteiger partial charge in [-0.3, -0.25) is 0 Å². The number of alkyl halides is 1. The Balaban J connectivity index is 1.99. The molecule has 2 rings (SSSR count). The summed E-state index contributed by atoms with van der Waals surface area (Å²) < 4.78 is 5.68. The van der Waals surface area contributed by atoms with Crippen molar-refractivity contribution >= 4 is 11.6 Å². The number of rotatable bonds is 5. The lowest BCUT2D eigenvalue weighted by Gasteiger charge is -2.31. The summed E-state index contributed by atoms with van der Waals surface area (Å²) in [7, 11) is 0. The molecule has 0 bridgehead atoms. The third kappa shape index (κ3) is 3.39. The Morgan fingerprint density at radius 3 is 2.94 bits per heavy atom. The predicted octanol–water partition coefficient (Wildman–Crippen LogP) is 3.55. The average Bonchev–Trinajstić information content (AvgIpc) is 2.36. The fourth-order valence-corrected chi connectivity index (χ4v) is 2.82. The molecule has 0 spiro atoms. The molecule has 0 amide bonds. The molecule has 18 heavy (non-hydrogen) atoms. The first kappa shape index (κ1) is 13.7. The summed E-state index contributed by atoms with van der Waals surface area (Å²) in [6.45, 7) is 6.23. The van der Waals surface area contributed by atoms with Gasteiger partial charge >= 0.3 is 0 Å². The minimum absolute atomic E-state index is 0.106. The zero-order valence-electron chi connectivity index (χ0n) is 11.2. The summed E-state index contributed by atoms with van der Waals surface area (Å²) in [5, 5.41) is 3.63. The second kappa shape index (κ2) is 5.94. The van der Waals surface area contributed by atoms with Gasteiger partial charge in [0.15, 0.2) is 0 Å². The standard InChI is InChI=1S/C15H22ClNO/c1-15(2,8-9-16)17-11-12-7-10-18-14-6-4-3-5-13(12)14/h3-6,12,17H,7-11H2,1-2H3. The predicted molar refractivity (Wildman–Crippen MR) is 76.7 cm³/mol. The molecule has 0 aliphatic carbocycles. The Morgan fingerprint density at radius 1 is 1.39 bits per heavy atom. The number of halogens is 1. The molecule has 1 aliphatic heterocycles. The van der Waals surface area contributed by atoms with Gasteiger partial charge in [-0.2, -0.15) is 0 Å². The summed E-state index contributed by atoms with van der Waals surface area (Å²) in [5.74, 6) is 2.29. The summed E-state index contributed by atoms with van der Waals surface area (Å²) in [4.78, 5) is 0. The molecule has 1 N–H and O–H groups in total. The van der Waals surface area contributed by atoms with Gasteiger partial charge in [0.1, 0.15) is 5.75 Å². The van der Waals surface area contributed by atoms with Crippen LogP contribution >= 0.6 is 11.6 Å². The SMILES string of the molecule is CC(C)(CCCl)NCC1CCOc2ccccc21. The molecule has 1 aliphatic rings. The summed E-state index contributed by atoms with van der Waals surface area (Å²) in [5.41, 5.74) is 1.44. The number of para-hydroxylation sites is 1. The maximum atomic E-state index is 5.83. The number of hydrogen-bond acceptors (Lipinski definition) is 2. The van der Waals surface area contributed by atoms with E-state index in [1.54, 1.807) is 0 Å². The van der Waals surface area contributed by atoms with Crippen molar-refractivity contribution in [2.45, 2.75) is 38.1 Å². The topological polar surface area (TPSA) is 21.3 Å². The zero-order chi connectivity index (χ0) is 13.0. The van der Waals surface area contributed by atoms with E-state index in [2.05, 4.69) is 37.4 Å².